The summed E-state index contributed by atoms with van der Waals surface area (Å²) in [5, 5.41) is 8.02. The number of likely N-dealkylation sites (tertiary alicyclic amines) is 1. The second-order valence-corrected chi connectivity index (χ2v) is 5.59. The highest BCUT2D eigenvalue weighted by molar-refractivity contribution is 4.83. The molecule has 2 aliphatic rings. The molecule has 17 heavy (non-hydrogen) atoms. The third-order valence-electron chi connectivity index (χ3n) is 4.30. The van der Waals surface area contributed by atoms with Gasteiger partial charge in [-0.25, -0.2) is 4.68 Å². The van der Waals surface area contributed by atoms with Gasteiger partial charge in [0.2, 0.25) is 0 Å². The lowest BCUT2D eigenvalue weighted by atomic mass is 9.89. The standard InChI is InChI=1S/C13H22N4/c1-2-4-12(5-3-1)10-16-8-6-13(11-16)17-9-7-14-15-17/h7,9,12-13H,1-6,8,10-11H2. The number of hydrogen-bond donors (Lipinski definition) is 0. The second-order valence-electron chi connectivity index (χ2n) is 5.59. The summed E-state index contributed by atoms with van der Waals surface area (Å²) in [6, 6.07) is 0.557. The molecule has 1 aromatic heterocycles. The normalized spacial score (nSPS) is 27.6. The molecule has 1 atom stereocenters. The van der Waals surface area contributed by atoms with E-state index in [9.17, 15) is 0 Å². The van der Waals surface area contributed by atoms with Gasteiger partial charge in [0.25, 0.3) is 0 Å². The zero-order valence-corrected chi connectivity index (χ0v) is 10.5. The molecule has 2 fully saturated rings. The van der Waals surface area contributed by atoms with Gasteiger partial charge in [-0.1, -0.05) is 24.5 Å². The van der Waals surface area contributed by atoms with Crippen LogP contribution in [0.4, 0.5) is 0 Å². The summed E-state index contributed by atoms with van der Waals surface area (Å²) in [7, 11) is 0. The number of nitrogens with zero attached hydrogens (tertiary/aromatic N) is 4. The van der Waals surface area contributed by atoms with Crippen molar-refractivity contribution in [2.45, 2.75) is 44.6 Å². The average molecular weight is 234 g/mol. The van der Waals surface area contributed by atoms with Crippen molar-refractivity contribution in [2.24, 2.45) is 5.92 Å². The van der Waals surface area contributed by atoms with Gasteiger partial charge >= 0.3 is 0 Å². The van der Waals surface area contributed by atoms with Crippen molar-refractivity contribution < 1.29 is 0 Å². The minimum atomic E-state index is 0.557. The highest BCUT2D eigenvalue weighted by atomic mass is 15.4. The topological polar surface area (TPSA) is 34.0 Å². The zero-order valence-electron chi connectivity index (χ0n) is 10.5. The monoisotopic (exact) mass is 234 g/mol. The van der Waals surface area contributed by atoms with Crippen LogP contribution in [0.25, 0.3) is 0 Å². The van der Waals surface area contributed by atoms with E-state index in [2.05, 4.69) is 15.2 Å². The molecule has 0 amide bonds. The van der Waals surface area contributed by atoms with Crippen LogP contribution in [0.5, 0.6) is 0 Å². The third-order valence-corrected chi connectivity index (χ3v) is 4.30. The fourth-order valence-corrected chi connectivity index (χ4v) is 3.34. The first-order valence-electron chi connectivity index (χ1n) is 7.00. The molecule has 94 valence electrons. The predicted molar refractivity (Wildman–Crippen MR) is 66.7 cm³/mol. The van der Waals surface area contributed by atoms with Crippen LogP contribution in [0.1, 0.15) is 44.6 Å². The molecule has 0 bridgehead atoms. The van der Waals surface area contributed by atoms with Crippen molar-refractivity contribution in [3.05, 3.63) is 12.4 Å². The van der Waals surface area contributed by atoms with Crippen LogP contribution in [-0.4, -0.2) is 39.5 Å². The first kappa shape index (κ1) is 11.2. The van der Waals surface area contributed by atoms with Crippen LogP contribution >= 0.6 is 0 Å². The summed E-state index contributed by atoms with van der Waals surface area (Å²) < 4.78 is 2.03. The smallest absolute Gasteiger partial charge is 0.0693 e. The lowest BCUT2D eigenvalue weighted by Crippen LogP contribution is -2.29. The van der Waals surface area contributed by atoms with Gasteiger partial charge in [0.1, 0.15) is 0 Å². The molecule has 0 N–H and O–H groups in total. The van der Waals surface area contributed by atoms with E-state index in [1.807, 2.05) is 10.9 Å². The van der Waals surface area contributed by atoms with E-state index in [0.29, 0.717) is 6.04 Å². The van der Waals surface area contributed by atoms with Crippen LogP contribution in [0.15, 0.2) is 12.4 Å². The van der Waals surface area contributed by atoms with Gasteiger partial charge in [0.15, 0.2) is 0 Å². The van der Waals surface area contributed by atoms with E-state index in [-0.39, 0.29) is 0 Å². The Balaban J connectivity index is 1.50. The van der Waals surface area contributed by atoms with Crippen molar-refractivity contribution in [1.82, 2.24) is 19.9 Å². The first-order chi connectivity index (χ1) is 8.42. The molecule has 2 heterocycles. The maximum atomic E-state index is 4.12. The Hall–Kier alpha value is -0.900. The fraction of sp³-hybridized carbons (Fsp3) is 0.846. The third kappa shape index (κ3) is 2.68. The molecule has 1 saturated heterocycles. The quantitative estimate of drug-likeness (QED) is 0.803. The highest BCUT2D eigenvalue weighted by Crippen LogP contribution is 2.27. The van der Waals surface area contributed by atoms with Crippen LogP contribution in [0, 0.1) is 5.92 Å². The number of rotatable bonds is 3. The Morgan fingerprint density at radius 1 is 1.12 bits per heavy atom. The van der Waals surface area contributed by atoms with Crippen LogP contribution in [-0.2, 0) is 0 Å². The van der Waals surface area contributed by atoms with Gasteiger partial charge < -0.3 is 4.90 Å². The molecular weight excluding hydrogens is 212 g/mol. The van der Waals surface area contributed by atoms with E-state index >= 15 is 0 Å². The Bertz CT molecular complexity index is 329. The molecule has 3 rings (SSSR count). The minimum Gasteiger partial charge on any atom is -0.301 e. The van der Waals surface area contributed by atoms with Crippen LogP contribution in [0.3, 0.4) is 0 Å². The van der Waals surface area contributed by atoms with Crippen LogP contribution in [0.2, 0.25) is 0 Å². The Morgan fingerprint density at radius 3 is 2.76 bits per heavy atom. The summed E-state index contributed by atoms with van der Waals surface area (Å²) in [4.78, 5) is 2.63. The summed E-state index contributed by atoms with van der Waals surface area (Å²) in [5.74, 6) is 0.957. The van der Waals surface area contributed by atoms with Gasteiger partial charge in [0.05, 0.1) is 12.2 Å². The molecule has 4 nitrogen and oxygen atoms in total. The molecule has 0 radical (unpaired) electrons. The van der Waals surface area contributed by atoms with Crippen LogP contribution < -0.4 is 0 Å². The molecule has 1 aromatic rings. The Kier molecular flexibility index (Phi) is 3.41. The highest BCUT2D eigenvalue weighted by Gasteiger charge is 2.26. The van der Waals surface area contributed by atoms with Gasteiger partial charge in [-0.2, -0.15) is 0 Å². The molecule has 4 heteroatoms. The average Bonchev–Trinajstić information content (AvgIpc) is 3.00. The van der Waals surface area contributed by atoms with Gasteiger partial charge in [-0.05, 0) is 25.2 Å². The van der Waals surface area contributed by atoms with E-state index in [4.69, 9.17) is 0 Å². The second kappa shape index (κ2) is 5.17. The van der Waals surface area contributed by atoms with Crippen molar-refractivity contribution in [2.75, 3.05) is 19.6 Å². The first-order valence-corrected chi connectivity index (χ1v) is 7.00. The lowest BCUT2D eigenvalue weighted by molar-refractivity contribution is 0.227. The largest absolute Gasteiger partial charge is 0.301 e. The fourth-order valence-electron chi connectivity index (χ4n) is 3.34. The van der Waals surface area contributed by atoms with Crippen molar-refractivity contribution in [1.29, 1.82) is 0 Å². The summed E-state index contributed by atoms with van der Waals surface area (Å²) in [6.07, 6.45) is 12.3. The van der Waals surface area contributed by atoms with Crippen molar-refractivity contribution in [3.63, 3.8) is 0 Å². The molecule has 1 unspecified atom stereocenters. The SMILES string of the molecule is c1cn(C2CCN(CC3CCCCC3)C2)nn1. The van der Waals surface area contributed by atoms with Crippen molar-refractivity contribution in [3.8, 4) is 0 Å². The van der Waals surface area contributed by atoms with Gasteiger partial charge in [-0.15, -0.1) is 5.10 Å². The molecule has 1 aliphatic heterocycles. The van der Waals surface area contributed by atoms with Gasteiger partial charge in [-0.3, -0.25) is 0 Å². The lowest BCUT2D eigenvalue weighted by Gasteiger charge is -2.26. The van der Waals surface area contributed by atoms with Crippen molar-refractivity contribution >= 4 is 0 Å². The molecule has 1 aliphatic carbocycles. The van der Waals surface area contributed by atoms with E-state index in [0.717, 1.165) is 5.92 Å². The number of hydrogen-bond acceptors (Lipinski definition) is 3. The zero-order chi connectivity index (χ0) is 11.5. The molecule has 0 spiro atoms. The maximum absolute atomic E-state index is 4.12. The summed E-state index contributed by atoms with van der Waals surface area (Å²) >= 11 is 0. The number of aromatic nitrogens is 3. The summed E-state index contributed by atoms with van der Waals surface area (Å²) in [5.41, 5.74) is 0. The predicted octanol–water partition coefficient (Wildman–Crippen LogP) is 2.11. The van der Waals surface area contributed by atoms with Gasteiger partial charge in [0, 0.05) is 25.8 Å². The summed E-state index contributed by atoms with van der Waals surface area (Å²) in [6.45, 7) is 3.71. The van der Waals surface area contributed by atoms with E-state index in [1.54, 1.807) is 6.20 Å². The Morgan fingerprint density at radius 2 is 2.00 bits per heavy atom. The van der Waals surface area contributed by atoms with E-state index < -0.39 is 0 Å². The molecular formula is C13H22N4. The Labute approximate surface area is 103 Å². The minimum absolute atomic E-state index is 0.557. The van der Waals surface area contributed by atoms with E-state index in [1.165, 1.54) is 58.2 Å². The maximum Gasteiger partial charge on any atom is 0.0693 e. The molecule has 0 aromatic carbocycles. The molecule has 1 saturated carbocycles.